The molecule has 4 aliphatic rings. The summed E-state index contributed by atoms with van der Waals surface area (Å²) in [6.07, 6.45) is 1.69. The van der Waals surface area contributed by atoms with Crippen LogP contribution in [-0.4, -0.2) is 41.2 Å². The number of carbonyl (C=O) groups excluding carboxylic acids is 4. The Morgan fingerprint density at radius 3 is 1.76 bits per heavy atom. The van der Waals surface area contributed by atoms with Crippen molar-refractivity contribution in [2.75, 3.05) is 11.9 Å². The van der Waals surface area contributed by atoms with E-state index in [-0.39, 0.29) is 0 Å². The highest BCUT2D eigenvalue weighted by atomic mass is 35.5. The molecular formula is C32H28Cl2N2O5. The van der Waals surface area contributed by atoms with Crippen molar-refractivity contribution in [2.45, 2.75) is 42.5 Å². The fourth-order valence-electron chi connectivity index (χ4n) is 6.52. The van der Waals surface area contributed by atoms with Crippen LogP contribution < -0.4 is 5.32 Å². The lowest BCUT2D eigenvalue weighted by atomic mass is 9.54. The van der Waals surface area contributed by atoms with Gasteiger partial charge < -0.3 is 10.1 Å². The predicted molar refractivity (Wildman–Crippen MR) is 155 cm³/mol. The van der Waals surface area contributed by atoms with Gasteiger partial charge in [-0.2, -0.15) is 0 Å². The molecule has 3 aliphatic carbocycles. The molecule has 1 aliphatic heterocycles. The standard InChI is InChI=1S/C32H28Cl2N2O5/c1-3-4-17-41-30(40)19-13-15-20(16-14-19)35-27(37)18(2)36-28(38)25-26(29(36)39)32(34)22-10-6-5-9-21(22)31(25,33)23-11-7-8-12-24(23)32/h5-16,18,25-26H,3-4,17H2,1-2H3,(H,35,37)/t18-,25-,26+,31?,32?/m0/s1. The van der Waals surface area contributed by atoms with E-state index in [0.29, 0.717) is 40.1 Å². The molecule has 7 rings (SSSR count). The van der Waals surface area contributed by atoms with Crippen molar-refractivity contribution in [3.05, 3.63) is 101 Å². The molecule has 1 saturated heterocycles. The first kappa shape index (κ1) is 27.5. The molecule has 210 valence electrons. The minimum Gasteiger partial charge on any atom is -0.462 e. The Kier molecular flexibility index (Phi) is 6.70. The molecule has 0 radical (unpaired) electrons. The van der Waals surface area contributed by atoms with Crippen LogP contribution in [0.5, 0.6) is 0 Å². The summed E-state index contributed by atoms with van der Waals surface area (Å²) >= 11 is 14.9. The normalized spacial score (nSPS) is 26.2. The Morgan fingerprint density at radius 1 is 0.854 bits per heavy atom. The third-order valence-corrected chi connectivity index (χ3v) is 9.79. The third kappa shape index (κ3) is 3.86. The van der Waals surface area contributed by atoms with Crippen molar-refractivity contribution < 1.29 is 23.9 Å². The number of alkyl halides is 2. The lowest BCUT2D eigenvalue weighted by molar-refractivity contribution is -0.146. The van der Waals surface area contributed by atoms with E-state index in [4.69, 9.17) is 27.9 Å². The van der Waals surface area contributed by atoms with Crippen molar-refractivity contribution in [1.82, 2.24) is 4.90 Å². The number of rotatable bonds is 7. The van der Waals surface area contributed by atoms with E-state index in [9.17, 15) is 19.2 Å². The van der Waals surface area contributed by atoms with Crippen molar-refractivity contribution in [1.29, 1.82) is 0 Å². The number of anilines is 1. The molecule has 3 aromatic carbocycles. The number of ether oxygens (including phenoxy) is 1. The van der Waals surface area contributed by atoms with Gasteiger partial charge in [0.2, 0.25) is 17.7 Å². The molecule has 1 fully saturated rings. The fraction of sp³-hybridized carbons (Fsp3) is 0.312. The van der Waals surface area contributed by atoms with Gasteiger partial charge in [0.05, 0.1) is 24.0 Å². The molecule has 0 saturated carbocycles. The first-order valence-electron chi connectivity index (χ1n) is 13.7. The molecular weight excluding hydrogens is 563 g/mol. The van der Waals surface area contributed by atoms with E-state index < -0.39 is 51.3 Å². The predicted octanol–water partition coefficient (Wildman–Crippen LogP) is 5.56. The Morgan fingerprint density at radius 2 is 1.32 bits per heavy atom. The molecule has 0 spiro atoms. The molecule has 3 atom stereocenters. The number of hydrogen-bond acceptors (Lipinski definition) is 5. The molecule has 2 bridgehead atoms. The van der Waals surface area contributed by atoms with Crippen LogP contribution in [-0.2, 0) is 28.9 Å². The van der Waals surface area contributed by atoms with Gasteiger partial charge in [0.25, 0.3) is 0 Å². The summed E-state index contributed by atoms with van der Waals surface area (Å²) in [5.41, 5.74) is 3.56. The highest BCUT2D eigenvalue weighted by Gasteiger charge is 2.73. The van der Waals surface area contributed by atoms with Crippen molar-refractivity contribution in [2.24, 2.45) is 11.8 Å². The van der Waals surface area contributed by atoms with Crippen LogP contribution in [0.25, 0.3) is 0 Å². The SMILES string of the molecule is CCCCOC(=O)c1ccc(NC(=O)[C@H](C)N2C(=O)[C@@H]3[C@H](C2=O)C2(Cl)c4ccccc4C3(Cl)c3ccccc32)cc1. The number of esters is 1. The molecule has 0 aromatic heterocycles. The Balaban J connectivity index is 1.28. The summed E-state index contributed by atoms with van der Waals surface area (Å²) in [6.45, 7) is 3.85. The minimum absolute atomic E-state index is 0.342. The number of nitrogens with zero attached hydrogens (tertiary/aromatic N) is 1. The lowest BCUT2D eigenvalue weighted by Gasteiger charge is -2.54. The monoisotopic (exact) mass is 590 g/mol. The Hall–Kier alpha value is -3.68. The molecule has 1 heterocycles. The van der Waals surface area contributed by atoms with Crippen molar-refractivity contribution >= 4 is 52.6 Å². The van der Waals surface area contributed by atoms with E-state index in [1.54, 1.807) is 24.3 Å². The summed E-state index contributed by atoms with van der Waals surface area (Å²) in [5.74, 6) is -4.02. The maximum atomic E-state index is 14.1. The second-order valence-corrected chi connectivity index (χ2v) is 11.9. The van der Waals surface area contributed by atoms with Gasteiger partial charge in [-0.1, -0.05) is 61.9 Å². The first-order chi connectivity index (χ1) is 19.6. The highest BCUT2D eigenvalue weighted by Crippen LogP contribution is 2.69. The van der Waals surface area contributed by atoms with Gasteiger partial charge in [0, 0.05) is 5.69 Å². The zero-order valence-corrected chi connectivity index (χ0v) is 24.0. The zero-order valence-electron chi connectivity index (χ0n) is 22.5. The van der Waals surface area contributed by atoms with E-state index in [2.05, 4.69) is 5.32 Å². The fourth-order valence-corrected chi connectivity index (χ4v) is 7.61. The highest BCUT2D eigenvalue weighted by molar-refractivity contribution is 6.36. The Bertz CT molecular complexity index is 1470. The van der Waals surface area contributed by atoms with E-state index in [1.807, 2.05) is 55.5 Å². The summed E-state index contributed by atoms with van der Waals surface area (Å²) in [4.78, 5) is 52.1. The summed E-state index contributed by atoms with van der Waals surface area (Å²) in [6, 6.07) is 19.9. The number of likely N-dealkylation sites (tertiary alicyclic amines) is 1. The molecule has 3 aromatic rings. The number of carbonyl (C=O) groups is 4. The van der Waals surface area contributed by atoms with Crippen LogP contribution in [0, 0.1) is 11.8 Å². The number of benzene rings is 3. The summed E-state index contributed by atoms with van der Waals surface area (Å²) in [5, 5.41) is 2.75. The average molecular weight is 591 g/mol. The van der Waals surface area contributed by atoms with Gasteiger partial charge >= 0.3 is 5.97 Å². The number of imide groups is 1. The molecule has 0 unspecified atom stereocenters. The van der Waals surface area contributed by atoms with E-state index in [1.165, 1.54) is 6.92 Å². The number of nitrogens with one attached hydrogen (secondary N) is 1. The second-order valence-electron chi connectivity index (χ2n) is 10.7. The van der Waals surface area contributed by atoms with Crippen LogP contribution in [0.4, 0.5) is 5.69 Å². The quantitative estimate of drug-likeness (QED) is 0.168. The molecule has 9 heteroatoms. The first-order valence-corrected chi connectivity index (χ1v) is 14.4. The van der Waals surface area contributed by atoms with Crippen LogP contribution in [0.3, 0.4) is 0 Å². The van der Waals surface area contributed by atoms with Gasteiger partial charge in [-0.15, -0.1) is 23.2 Å². The lowest BCUT2D eigenvalue weighted by Crippen LogP contribution is -2.57. The van der Waals surface area contributed by atoms with E-state index >= 15 is 0 Å². The maximum absolute atomic E-state index is 14.1. The minimum atomic E-state index is -1.31. The molecule has 7 nitrogen and oxygen atoms in total. The van der Waals surface area contributed by atoms with Crippen LogP contribution in [0.15, 0.2) is 72.8 Å². The molecule has 41 heavy (non-hydrogen) atoms. The molecule has 1 N–H and O–H groups in total. The summed E-state index contributed by atoms with van der Waals surface area (Å²) < 4.78 is 5.22. The van der Waals surface area contributed by atoms with Crippen LogP contribution in [0.1, 0.15) is 59.3 Å². The summed E-state index contributed by atoms with van der Waals surface area (Å²) in [7, 11) is 0. The van der Waals surface area contributed by atoms with E-state index in [0.717, 1.165) is 17.7 Å². The molecule has 3 amide bonds. The van der Waals surface area contributed by atoms with Crippen molar-refractivity contribution in [3.63, 3.8) is 0 Å². The third-order valence-electron chi connectivity index (χ3n) is 8.51. The van der Waals surface area contributed by atoms with Gasteiger partial charge in [0.1, 0.15) is 15.8 Å². The van der Waals surface area contributed by atoms with Gasteiger partial charge in [-0.05, 0) is 59.9 Å². The largest absolute Gasteiger partial charge is 0.462 e. The van der Waals surface area contributed by atoms with Gasteiger partial charge in [-0.3, -0.25) is 19.3 Å². The maximum Gasteiger partial charge on any atom is 0.338 e. The number of halogens is 2. The van der Waals surface area contributed by atoms with Crippen LogP contribution >= 0.6 is 23.2 Å². The average Bonchev–Trinajstić information content (AvgIpc) is 3.26. The number of amides is 3. The second kappa shape index (κ2) is 10.00. The topological polar surface area (TPSA) is 92.8 Å². The van der Waals surface area contributed by atoms with Crippen LogP contribution in [0.2, 0.25) is 0 Å². The van der Waals surface area contributed by atoms with Gasteiger partial charge in [-0.25, -0.2) is 4.79 Å². The Labute approximate surface area is 247 Å². The van der Waals surface area contributed by atoms with Gasteiger partial charge in [0.15, 0.2) is 0 Å². The zero-order chi connectivity index (χ0) is 29.1. The van der Waals surface area contributed by atoms with Crippen molar-refractivity contribution in [3.8, 4) is 0 Å². The number of unbranched alkanes of at least 4 members (excludes halogenated alkanes) is 1. The smallest absolute Gasteiger partial charge is 0.338 e. The number of hydrogen-bond donors (Lipinski definition) is 1.